The quantitative estimate of drug-likeness (QED) is 0.774. The zero-order valence-corrected chi connectivity index (χ0v) is 14.6. The lowest BCUT2D eigenvalue weighted by Crippen LogP contribution is -2.41. The molecule has 0 radical (unpaired) electrons. The second-order valence-corrected chi connectivity index (χ2v) is 6.16. The van der Waals surface area contributed by atoms with Crippen molar-refractivity contribution in [2.75, 3.05) is 0 Å². The second-order valence-electron chi connectivity index (χ2n) is 5.76. The van der Waals surface area contributed by atoms with Crippen molar-refractivity contribution in [1.82, 2.24) is 5.32 Å². The summed E-state index contributed by atoms with van der Waals surface area (Å²) in [5.74, 6) is -1.25. The number of hydrogen-bond donors (Lipinski definition) is 2. The molecule has 0 spiro atoms. The molecule has 0 saturated carbocycles. The van der Waals surface area contributed by atoms with Crippen LogP contribution < -0.4 is 5.32 Å². The number of rotatable bonds is 7. The molecule has 1 amide bonds. The summed E-state index contributed by atoms with van der Waals surface area (Å²) in [6, 6.07) is 15.4. The van der Waals surface area contributed by atoms with Gasteiger partial charge in [-0.2, -0.15) is 0 Å². The standard InChI is InChI=1S/C19H20ClNO4/c1-13(15-9-5-6-10-16(15)20)11-17(18(22)23)21-19(24)25-12-14-7-3-2-4-8-14/h2-10,13,17H,11-12H2,1H3,(H,21,24)(H,22,23). The molecule has 0 aliphatic rings. The Kier molecular flexibility index (Phi) is 6.83. The van der Waals surface area contributed by atoms with Gasteiger partial charge >= 0.3 is 12.1 Å². The van der Waals surface area contributed by atoms with Crippen molar-refractivity contribution in [3.8, 4) is 0 Å². The molecule has 0 aliphatic carbocycles. The van der Waals surface area contributed by atoms with E-state index in [1.807, 2.05) is 55.5 Å². The SMILES string of the molecule is CC(CC(NC(=O)OCc1ccccc1)C(=O)O)c1ccccc1Cl. The molecule has 2 N–H and O–H groups in total. The van der Waals surface area contributed by atoms with Gasteiger partial charge in [0.25, 0.3) is 0 Å². The molecule has 0 heterocycles. The Hall–Kier alpha value is -2.53. The highest BCUT2D eigenvalue weighted by Gasteiger charge is 2.24. The maximum absolute atomic E-state index is 11.9. The summed E-state index contributed by atoms with van der Waals surface area (Å²) in [4.78, 5) is 23.4. The number of aliphatic carboxylic acids is 1. The Morgan fingerprint density at radius 3 is 2.40 bits per heavy atom. The number of hydrogen-bond acceptors (Lipinski definition) is 3. The summed E-state index contributed by atoms with van der Waals surface area (Å²) in [6.45, 7) is 1.95. The Labute approximate surface area is 151 Å². The fraction of sp³-hybridized carbons (Fsp3) is 0.263. The van der Waals surface area contributed by atoms with Crippen LogP contribution in [0.3, 0.4) is 0 Å². The minimum absolute atomic E-state index is 0.0824. The van der Waals surface area contributed by atoms with E-state index < -0.39 is 18.1 Å². The maximum Gasteiger partial charge on any atom is 0.408 e. The van der Waals surface area contributed by atoms with E-state index in [9.17, 15) is 14.7 Å². The van der Waals surface area contributed by atoms with Gasteiger partial charge in [0, 0.05) is 5.02 Å². The Bertz CT molecular complexity index is 720. The third-order valence-electron chi connectivity index (χ3n) is 3.83. The third kappa shape index (κ3) is 5.80. The highest BCUT2D eigenvalue weighted by molar-refractivity contribution is 6.31. The monoisotopic (exact) mass is 361 g/mol. The van der Waals surface area contributed by atoms with Crippen molar-refractivity contribution >= 4 is 23.7 Å². The van der Waals surface area contributed by atoms with Crippen LogP contribution in [0, 0.1) is 0 Å². The number of amides is 1. The largest absolute Gasteiger partial charge is 0.480 e. The van der Waals surface area contributed by atoms with Gasteiger partial charge in [-0.3, -0.25) is 0 Å². The summed E-state index contributed by atoms with van der Waals surface area (Å²) in [5.41, 5.74) is 1.67. The van der Waals surface area contributed by atoms with Gasteiger partial charge in [0.1, 0.15) is 12.6 Å². The van der Waals surface area contributed by atoms with Crippen molar-refractivity contribution in [3.63, 3.8) is 0 Å². The number of alkyl carbamates (subject to hydrolysis) is 1. The first-order chi connectivity index (χ1) is 12.0. The van der Waals surface area contributed by atoms with E-state index in [1.54, 1.807) is 6.07 Å². The predicted molar refractivity (Wildman–Crippen MR) is 95.7 cm³/mol. The van der Waals surface area contributed by atoms with E-state index >= 15 is 0 Å². The van der Waals surface area contributed by atoms with E-state index in [1.165, 1.54) is 0 Å². The van der Waals surface area contributed by atoms with Crippen LogP contribution in [-0.2, 0) is 16.1 Å². The fourth-order valence-electron chi connectivity index (χ4n) is 2.48. The maximum atomic E-state index is 11.9. The van der Waals surface area contributed by atoms with Crippen molar-refractivity contribution in [2.45, 2.75) is 31.9 Å². The predicted octanol–water partition coefficient (Wildman–Crippen LogP) is 4.21. The van der Waals surface area contributed by atoms with E-state index in [0.29, 0.717) is 5.02 Å². The smallest absolute Gasteiger partial charge is 0.408 e. The Balaban J connectivity index is 1.93. The molecule has 0 fully saturated rings. The second kappa shape index (κ2) is 9.08. The van der Waals surface area contributed by atoms with Gasteiger partial charge in [0.15, 0.2) is 0 Å². The molecule has 2 rings (SSSR count). The average Bonchev–Trinajstić information content (AvgIpc) is 2.60. The van der Waals surface area contributed by atoms with Crippen LogP contribution in [0.4, 0.5) is 4.79 Å². The summed E-state index contributed by atoms with van der Waals surface area (Å²) in [6.07, 6.45) is -0.554. The fourth-order valence-corrected chi connectivity index (χ4v) is 2.81. The molecule has 2 aromatic carbocycles. The van der Waals surface area contributed by atoms with Crippen LogP contribution in [0.25, 0.3) is 0 Å². The van der Waals surface area contributed by atoms with E-state index in [0.717, 1.165) is 11.1 Å². The lowest BCUT2D eigenvalue weighted by atomic mass is 9.94. The average molecular weight is 362 g/mol. The molecular weight excluding hydrogens is 342 g/mol. The number of halogens is 1. The van der Waals surface area contributed by atoms with Crippen molar-refractivity contribution in [1.29, 1.82) is 0 Å². The van der Waals surface area contributed by atoms with Crippen LogP contribution in [0.15, 0.2) is 54.6 Å². The first-order valence-corrected chi connectivity index (χ1v) is 8.29. The zero-order chi connectivity index (χ0) is 18.2. The van der Waals surface area contributed by atoms with Gasteiger partial charge < -0.3 is 15.2 Å². The lowest BCUT2D eigenvalue weighted by molar-refractivity contribution is -0.139. The van der Waals surface area contributed by atoms with Gasteiger partial charge in [-0.25, -0.2) is 9.59 Å². The first kappa shape index (κ1) is 18.8. The van der Waals surface area contributed by atoms with Crippen molar-refractivity contribution in [3.05, 3.63) is 70.7 Å². The number of benzene rings is 2. The summed E-state index contributed by atoms with van der Waals surface area (Å²) < 4.78 is 5.08. The molecule has 25 heavy (non-hydrogen) atoms. The molecule has 0 aromatic heterocycles. The Morgan fingerprint density at radius 2 is 1.76 bits per heavy atom. The van der Waals surface area contributed by atoms with Crippen LogP contribution in [0.1, 0.15) is 30.4 Å². The normalized spacial score (nSPS) is 12.9. The number of ether oxygens (including phenoxy) is 1. The van der Waals surface area contributed by atoms with Crippen molar-refractivity contribution in [2.24, 2.45) is 0 Å². The summed E-state index contributed by atoms with van der Waals surface area (Å²) >= 11 is 6.15. The molecule has 2 atom stereocenters. The van der Waals surface area contributed by atoms with Crippen LogP contribution in [0.5, 0.6) is 0 Å². The Morgan fingerprint density at radius 1 is 1.12 bits per heavy atom. The van der Waals surface area contributed by atoms with Gasteiger partial charge in [0.2, 0.25) is 0 Å². The van der Waals surface area contributed by atoms with Gasteiger partial charge in [-0.15, -0.1) is 0 Å². The number of carboxylic acids is 1. The molecular formula is C19H20ClNO4. The van der Waals surface area contributed by atoms with Gasteiger partial charge in [-0.05, 0) is 29.5 Å². The molecule has 0 bridgehead atoms. The molecule has 0 aliphatic heterocycles. The molecule has 2 unspecified atom stereocenters. The molecule has 132 valence electrons. The summed E-state index contributed by atoms with van der Waals surface area (Å²) in [7, 11) is 0. The summed E-state index contributed by atoms with van der Waals surface area (Å²) in [5, 5.41) is 12.3. The number of carboxylic acid groups (broad SMARTS) is 1. The molecule has 6 heteroatoms. The van der Waals surface area contributed by atoms with Gasteiger partial charge in [0.05, 0.1) is 0 Å². The number of nitrogens with one attached hydrogen (secondary N) is 1. The molecule has 0 saturated heterocycles. The third-order valence-corrected chi connectivity index (χ3v) is 4.17. The van der Waals surface area contributed by atoms with E-state index in [-0.39, 0.29) is 18.9 Å². The molecule has 5 nitrogen and oxygen atoms in total. The minimum atomic E-state index is -1.12. The lowest BCUT2D eigenvalue weighted by Gasteiger charge is -2.20. The van der Waals surface area contributed by atoms with Crippen LogP contribution in [-0.4, -0.2) is 23.2 Å². The topological polar surface area (TPSA) is 75.6 Å². The van der Waals surface area contributed by atoms with Crippen molar-refractivity contribution < 1.29 is 19.4 Å². The van der Waals surface area contributed by atoms with E-state index in [2.05, 4.69) is 5.32 Å². The number of carbonyl (C=O) groups is 2. The van der Waals surface area contributed by atoms with Crippen LogP contribution >= 0.6 is 11.6 Å². The zero-order valence-electron chi connectivity index (χ0n) is 13.8. The highest BCUT2D eigenvalue weighted by atomic mass is 35.5. The molecule has 2 aromatic rings. The first-order valence-electron chi connectivity index (χ1n) is 7.92. The highest BCUT2D eigenvalue weighted by Crippen LogP contribution is 2.27. The van der Waals surface area contributed by atoms with Crippen LogP contribution in [0.2, 0.25) is 5.02 Å². The van der Waals surface area contributed by atoms with Gasteiger partial charge in [-0.1, -0.05) is 67.1 Å². The van der Waals surface area contributed by atoms with E-state index in [4.69, 9.17) is 16.3 Å². The minimum Gasteiger partial charge on any atom is -0.480 e. The number of carbonyl (C=O) groups excluding carboxylic acids is 1.